The van der Waals surface area contributed by atoms with E-state index in [4.69, 9.17) is 0 Å². The van der Waals surface area contributed by atoms with E-state index >= 15 is 0 Å². The molecule has 1 saturated carbocycles. The van der Waals surface area contributed by atoms with Crippen molar-refractivity contribution in [1.82, 2.24) is 4.90 Å². The molecule has 0 unspecified atom stereocenters. The van der Waals surface area contributed by atoms with Crippen LogP contribution in [-0.4, -0.2) is 37.6 Å². The first kappa shape index (κ1) is 36.9. The maximum absolute atomic E-state index is 3.61. The van der Waals surface area contributed by atoms with Gasteiger partial charge in [-0.25, -0.2) is 0 Å². The monoisotopic (exact) mass is 587 g/mol. The summed E-state index contributed by atoms with van der Waals surface area (Å²) in [5, 5.41) is 0. The lowest BCUT2D eigenvalue weighted by atomic mass is 9.91. The fourth-order valence-electron chi connectivity index (χ4n) is 6.93. The van der Waals surface area contributed by atoms with Crippen molar-refractivity contribution in [3.05, 3.63) is 63.3 Å². The minimum Gasteiger partial charge on any atom is -0.369 e. The van der Waals surface area contributed by atoms with Gasteiger partial charge in [0.2, 0.25) is 0 Å². The smallest absolute Gasteiger partial charge is 0.0413 e. The van der Waals surface area contributed by atoms with Gasteiger partial charge in [0.1, 0.15) is 0 Å². The van der Waals surface area contributed by atoms with E-state index in [1.54, 1.807) is 0 Å². The van der Waals surface area contributed by atoms with Crippen LogP contribution in [0.2, 0.25) is 0 Å². The lowest BCUT2D eigenvalue weighted by Gasteiger charge is -2.37. The van der Waals surface area contributed by atoms with Crippen molar-refractivity contribution in [3.63, 3.8) is 0 Å². The topological polar surface area (TPSA) is 6.48 Å². The molecule has 1 aliphatic rings. The summed E-state index contributed by atoms with van der Waals surface area (Å²) in [7, 11) is 2.24. The number of benzene rings is 1. The first-order valence-corrected chi connectivity index (χ1v) is 17.8. The molecule has 0 N–H and O–H groups in total. The number of hydrogen-bond acceptors (Lipinski definition) is 2. The van der Waals surface area contributed by atoms with E-state index in [0.717, 1.165) is 32.2 Å². The van der Waals surface area contributed by atoms with Gasteiger partial charge < -0.3 is 9.80 Å². The van der Waals surface area contributed by atoms with Gasteiger partial charge in [-0.1, -0.05) is 68.2 Å². The number of nitrogens with zero attached hydrogens (tertiary/aromatic N) is 2. The Hall–Kier alpha value is -2.24. The summed E-state index contributed by atoms with van der Waals surface area (Å²) in [4.78, 5) is 5.16. The predicted molar refractivity (Wildman–Crippen MR) is 193 cm³/mol. The first-order valence-electron chi connectivity index (χ1n) is 17.8. The van der Waals surface area contributed by atoms with Gasteiger partial charge in [-0.05, 0) is 160 Å². The van der Waals surface area contributed by atoms with Crippen molar-refractivity contribution in [1.29, 1.82) is 0 Å². The normalized spacial score (nSPS) is 14.8. The van der Waals surface area contributed by atoms with Gasteiger partial charge in [-0.15, -0.1) is 0 Å². The van der Waals surface area contributed by atoms with Gasteiger partial charge in [0.15, 0.2) is 0 Å². The lowest BCUT2D eigenvalue weighted by molar-refractivity contribution is 0.327. The molecule has 0 aliphatic heterocycles. The van der Waals surface area contributed by atoms with Gasteiger partial charge in [0, 0.05) is 30.3 Å². The highest BCUT2D eigenvalue weighted by Gasteiger charge is 2.22. The van der Waals surface area contributed by atoms with Crippen LogP contribution in [0, 0.1) is 18.8 Å². The molecule has 2 nitrogen and oxygen atoms in total. The maximum Gasteiger partial charge on any atom is 0.0413 e. The molecule has 0 atom stereocenters. The number of hydrogen-bond donors (Lipinski definition) is 0. The fourth-order valence-corrected chi connectivity index (χ4v) is 6.93. The maximum atomic E-state index is 3.61. The van der Waals surface area contributed by atoms with E-state index in [1.807, 2.05) is 0 Å². The highest BCUT2D eigenvalue weighted by Crippen LogP contribution is 2.33. The zero-order chi connectivity index (χ0) is 31.6. The van der Waals surface area contributed by atoms with Gasteiger partial charge in [-0.2, -0.15) is 0 Å². The molecule has 43 heavy (non-hydrogen) atoms. The van der Waals surface area contributed by atoms with Crippen molar-refractivity contribution in [2.45, 2.75) is 151 Å². The van der Waals surface area contributed by atoms with Crippen LogP contribution >= 0.6 is 0 Å². The molecule has 0 heterocycles. The molecule has 1 aliphatic carbocycles. The average molecular weight is 587 g/mol. The number of rotatable bonds is 17. The zero-order valence-corrected chi connectivity index (χ0v) is 29.8. The second-order valence-corrected chi connectivity index (χ2v) is 13.3. The Morgan fingerprint density at radius 2 is 1.67 bits per heavy atom. The summed E-state index contributed by atoms with van der Waals surface area (Å²) >= 11 is 0. The summed E-state index contributed by atoms with van der Waals surface area (Å²) in [6.07, 6.45) is 22.0. The molecular weight excluding hydrogens is 520 g/mol. The molecule has 0 radical (unpaired) electrons. The van der Waals surface area contributed by atoms with E-state index in [0.29, 0.717) is 6.04 Å². The third-order valence-corrected chi connectivity index (χ3v) is 9.17. The van der Waals surface area contributed by atoms with Crippen molar-refractivity contribution in [2.24, 2.45) is 0 Å². The minimum atomic E-state index is 0.674. The molecule has 0 bridgehead atoms. The van der Waals surface area contributed by atoms with Crippen molar-refractivity contribution >= 4 is 5.69 Å². The molecule has 1 aromatic carbocycles. The number of anilines is 1. The summed E-state index contributed by atoms with van der Waals surface area (Å²) in [5.74, 6) is 7.15. The zero-order valence-electron chi connectivity index (χ0n) is 29.8. The van der Waals surface area contributed by atoms with Crippen LogP contribution < -0.4 is 4.90 Å². The molecule has 2 rings (SSSR count). The average Bonchev–Trinajstić information content (AvgIpc) is 2.97. The standard InChI is InChI=1S/C41H66N2/c1-10-22-34(6)40(35(7)30-33(4)5)27-20-19-24-38-31-37(23-16-13-14-21-29-42(9)28-11-2)32-41(36(38)8)43(12-3)39-25-17-15-18-26-39/h22,30-32,39H,10-15,17-21,24-29H2,1-9H3/b34-22+,40-35-. The quantitative estimate of drug-likeness (QED) is 0.102. The third-order valence-electron chi connectivity index (χ3n) is 9.17. The van der Waals surface area contributed by atoms with Crippen LogP contribution in [0.5, 0.6) is 0 Å². The molecule has 0 spiro atoms. The van der Waals surface area contributed by atoms with E-state index < -0.39 is 0 Å². The molecule has 2 heteroatoms. The highest BCUT2D eigenvalue weighted by atomic mass is 15.2. The van der Waals surface area contributed by atoms with Crippen molar-refractivity contribution < 1.29 is 0 Å². The SMILES string of the molecule is CC/C=C(C)/C(CCCCc1cc(C#CCCCCN(C)CCC)cc(N(CC)C2CCCCC2)c1C)=C(/C)C=C(C)C. The minimum absolute atomic E-state index is 0.674. The molecule has 0 aromatic heterocycles. The summed E-state index contributed by atoms with van der Waals surface area (Å²) in [5.41, 5.74) is 11.4. The molecule has 0 saturated heterocycles. The highest BCUT2D eigenvalue weighted by molar-refractivity contribution is 5.61. The predicted octanol–water partition coefficient (Wildman–Crippen LogP) is 11.4. The number of aryl methyl sites for hydroxylation is 1. The Labute approximate surface area is 268 Å². The van der Waals surface area contributed by atoms with Gasteiger partial charge in [0.25, 0.3) is 0 Å². The third kappa shape index (κ3) is 13.1. The molecule has 1 aromatic rings. The van der Waals surface area contributed by atoms with E-state index in [2.05, 4.69) is 108 Å². The number of allylic oxidation sites excluding steroid dienone is 6. The molecule has 240 valence electrons. The van der Waals surface area contributed by atoms with Crippen molar-refractivity contribution in [3.8, 4) is 11.8 Å². The fraction of sp³-hybridized carbons (Fsp3) is 0.659. The molecular formula is C41H66N2. The Morgan fingerprint density at radius 1 is 0.930 bits per heavy atom. The molecule has 1 fully saturated rings. The Bertz CT molecular complexity index is 1110. The second-order valence-electron chi connectivity index (χ2n) is 13.3. The van der Waals surface area contributed by atoms with E-state index in [-0.39, 0.29) is 0 Å². The van der Waals surface area contributed by atoms with E-state index in [9.17, 15) is 0 Å². The van der Waals surface area contributed by atoms with Crippen LogP contribution in [0.4, 0.5) is 5.69 Å². The first-order chi connectivity index (χ1) is 20.7. The van der Waals surface area contributed by atoms with Crippen LogP contribution in [-0.2, 0) is 6.42 Å². The lowest BCUT2D eigenvalue weighted by Crippen LogP contribution is -2.37. The van der Waals surface area contributed by atoms with Crippen LogP contribution in [0.25, 0.3) is 0 Å². The van der Waals surface area contributed by atoms with Gasteiger partial charge in [0.05, 0.1) is 0 Å². The Morgan fingerprint density at radius 3 is 2.33 bits per heavy atom. The Kier molecular flexibility index (Phi) is 17.8. The summed E-state index contributed by atoms with van der Waals surface area (Å²) in [6, 6.07) is 5.51. The van der Waals surface area contributed by atoms with Crippen LogP contribution in [0.3, 0.4) is 0 Å². The number of unbranched alkanes of at least 4 members (excludes halogenated alkanes) is 3. The molecule has 0 amide bonds. The summed E-state index contributed by atoms with van der Waals surface area (Å²) < 4.78 is 0. The Balaban J connectivity index is 2.23. The van der Waals surface area contributed by atoms with Gasteiger partial charge in [-0.3, -0.25) is 0 Å². The van der Waals surface area contributed by atoms with Crippen LogP contribution in [0.15, 0.2) is 46.6 Å². The second kappa shape index (κ2) is 20.7. The van der Waals surface area contributed by atoms with Crippen LogP contribution in [0.1, 0.15) is 149 Å². The van der Waals surface area contributed by atoms with Crippen molar-refractivity contribution in [2.75, 3.05) is 31.6 Å². The van der Waals surface area contributed by atoms with Gasteiger partial charge >= 0.3 is 0 Å². The van der Waals surface area contributed by atoms with E-state index in [1.165, 1.54) is 122 Å². The largest absolute Gasteiger partial charge is 0.369 e. The summed E-state index contributed by atoms with van der Waals surface area (Å²) in [6.45, 7) is 21.7.